The van der Waals surface area contributed by atoms with Gasteiger partial charge < -0.3 is 10.5 Å². The summed E-state index contributed by atoms with van der Waals surface area (Å²) in [6.45, 7) is 7.44. The summed E-state index contributed by atoms with van der Waals surface area (Å²) in [5.41, 5.74) is 8.07. The number of hydrogen-bond acceptors (Lipinski definition) is 3. The van der Waals surface area contributed by atoms with Gasteiger partial charge in [-0.25, -0.2) is 0 Å². The SMILES string of the molecule is CCCOc1cncc(C(N)C2(CC(C)C)CCCC2)c1. The van der Waals surface area contributed by atoms with Crippen molar-refractivity contribution in [3.05, 3.63) is 24.0 Å². The van der Waals surface area contributed by atoms with Crippen molar-refractivity contribution in [1.82, 2.24) is 4.98 Å². The maximum absolute atomic E-state index is 6.69. The van der Waals surface area contributed by atoms with Crippen LogP contribution in [0, 0.1) is 11.3 Å². The fraction of sp³-hybridized carbons (Fsp3) is 0.722. The second kappa shape index (κ2) is 7.26. The number of ether oxygens (including phenoxy) is 1. The summed E-state index contributed by atoms with van der Waals surface area (Å²) in [5, 5.41) is 0. The molecule has 1 heterocycles. The Balaban J connectivity index is 2.18. The highest BCUT2D eigenvalue weighted by Crippen LogP contribution is 2.50. The molecule has 0 radical (unpaired) electrons. The van der Waals surface area contributed by atoms with Crippen LogP contribution in [0.2, 0.25) is 0 Å². The number of hydrogen-bond donors (Lipinski definition) is 1. The zero-order chi connectivity index (χ0) is 15.3. The van der Waals surface area contributed by atoms with Crippen molar-refractivity contribution in [3.63, 3.8) is 0 Å². The van der Waals surface area contributed by atoms with Crippen LogP contribution in [0.4, 0.5) is 0 Å². The Morgan fingerprint density at radius 2 is 2.00 bits per heavy atom. The van der Waals surface area contributed by atoms with E-state index < -0.39 is 0 Å². The highest BCUT2D eigenvalue weighted by Gasteiger charge is 2.40. The van der Waals surface area contributed by atoms with Gasteiger partial charge in [-0.05, 0) is 48.6 Å². The normalized spacial score (nSPS) is 18.9. The van der Waals surface area contributed by atoms with Crippen LogP contribution in [-0.4, -0.2) is 11.6 Å². The van der Waals surface area contributed by atoms with Gasteiger partial charge in [0.15, 0.2) is 0 Å². The second-order valence-corrected chi connectivity index (χ2v) is 6.95. The number of rotatable bonds is 7. The number of nitrogens with two attached hydrogens (primary N) is 1. The van der Waals surface area contributed by atoms with Gasteiger partial charge in [0.1, 0.15) is 5.75 Å². The second-order valence-electron chi connectivity index (χ2n) is 6.95. The lowest BCUT2D eigenvalue weighted by Crippen LogP contribution is -2.33. The first-order chi connectivity index (χ1) is 10.1. The molecule has 1 aromatic rings. The monoisotopic (exact) mass is 290 g/mol. The molecule has 1 unspecified atom stereocenters. The Bertz CT molecular complexity index is 439. The third-order valence-corrected chi connectivity index (χ3v) is 4.64. The van der Waals surface area contributed by atoms with E-state index in [1.165, 1.54) is 32.1 Å². The molecule has 118 valence electrons. The molecule has 1 aliphatic carbocycles. The minimum Gasteiger partial charge on any atom is -0.492 e. The van der Waals surface area contributed by atoms with E-state index in [9.17, 15) is 0 Å². The molecule has 1 aromatic heterocycles. The summed E-state index contributed by atoms with van der Waals surface area (Å²) in [6.07, 6.45) is 11.0. The van der Waals surface area contributed by atoms with Gasteiger partial charge in [0.05, 0.1) is 12.8 Å². The smallest absolute Gasteiger partial charge is 0.137 e. The average Bonchev–Trinajstić information content (AvgIpc) is 2.93. The molecule has 2 N–H and O–H groups in total. The molecule has 1 atom stereocenters. The fourth-order valence-electron chi connectivity index (χ4n) is 3.79. The number of aromatic nitrogens is 1. The average molecular weight is 290 g/mol. The molecule has 21 heavy (non-hydrogen) atoms. The van der Waals surface area contributed by atoms with Crippen molar-refractivity contribution in [3.8, 4) is 5.75 Å². The van der Waals surface area contributed by atoms with Crippen molar-refractivity contribution in [2.24, 2.45) is 17.1 Å². The molecular formula is C18H30N2O. The van der Waals surface area contributed by atoms with E-state index >= 15 is 0 Å². The molecule has 2 rings (SSSR count). The summed E-state index contributed by atoms with van der Waals surface area (Å²) >= 11 is 0. The Hall–Kier alpha value is -1.09. The van der Waals surface area contributed by atoms with E-state index in [-0.39, 0.29) is 11.5 Å². The predicted octanol–water partition coefficient (Wildman–Crippen LogP) is 4.48. The van der Waals surface area contributed by atoms with Gasteiger partial charge in [-0.1, -0.05) is 33.6 Å². The van der Waals surface area contributed by atoms with E-state index in [0.29, 0.717) is 5.92 Å². The predicted molar refractivity (Wildman–Crippen MR) is 87.3 cm³/mol. The summed E-state index contributed by atoms with van der Waals surface area (Å²) in [7, 11) is 0. The Kier molecular flexibility index (Phi) is 5.63. The molecule has 1 saturated carbocycles. The van der Waals surface area contributed by atoms with Crippen molar-refractivity contribution in [2.75, 3.05) is 6.61 Å². The van der Waals surface area contributed by atoms with Crippen LogP contribution >= 0.6 is 0 Å². The first kappa shape index (κ1) is 16.3. The van der Waals surface area contributed by atoms with E-state index in [4.69, 9.17) is 10.5 Å². The minimum absolute atomic E-state index is 0.0695. The van der Waals surface area contributed by atoms with Gasteiger partial charge in [-0.2, -0.15) is 0 Å². The standard InChI is InChI=1S/C18H30N2O/c1-4-9-21-16-10-15(12-20-13-16)17(19)18(11-14(2)3)7-5-6-8-18/h10,12-14,17H,4-9,11,19H2,1-3H3. The molecule has 1 fully saturated rings. The molecule has 0 amide bonds. The van der Waals surface area contributed by atoms with Gasteiger partial charge in [-0.3, -0.25) is 4.98 Å². The van der Waals surface area contributed by atoms with Crippen LogP contribution in [0.25, 0.3) is 0 Å². The Labute approximate surface area is 129 Å². The van der Waals surface area contributed by atoms with E-state index in [1.807, 2.05) is 6.20 Å². The largest absolute Gasteiger partial charge is 0.492 e. The molecule has 0 saturated heterocycles. The molecule has 0 spiro atoms. The van der Waals surface area contributed by atoms with Crippen molar-refractivity contribution < 1.29 is 4.74 Å². The zero-order valence-corrected chi connectivity index (χ0v) is 13.8. The van der Waals surface area contributed by atoms with Crippen LogP contribution in [-0.2, 0) is 0 Å². The van der Waals surface area contributed by atoms with Gasteiger partial charge in [0, 0.05) is 12.2 Å². The topological polar surface area (TPSA) is 48.1 Å². The third-order valence-electron chi connectivity index (χ3n) is 4.64. The van der Waals surface area contributed by atoms with Crippen molar-refractivity contribution in [2.45, 2.75) is 65.3 Å². The van der Waals surface area contributed by atoms with Crippen LogP contribution in [0.15, 0.2) is 18.5 Å². The Morgan fingerprint density at radius 1 is 1.29 bits per heavy atom. The highest BCUT2D eigenvalue weighted by molar-refractivity contribution is 5.27. The number of pyridine rings is 1. The number of nitrogens with zero attached hydrogens (tertiary/aromatic N) is 1. The molecule has 3 heteroatoms. The summed E-state index contributed by atoms with van der Waals surface area (Å²) < 4.78 is 5.70. The van der Waals surface area contributed by atoms with E-state index in [1.54, 1.807) is 6.20 Å². The van der Waals surface area contributed by atoms with Gasteiger partial charge in [0.2, 0.25) is 0 Å². The molecular weight excluding hydrogens is 260 g/mol. The van der Waals surface area contributed by atoms with Gasteiger partial charge in [0.25, 0.3) is 0 Å². The first-order valence-electron chi connectivity index (χ1n) is 8.41. The van der Waals surface area contributed by atoms with Crippen LogP contribution in [0.5, 0.6) is 5.75 Å². The lowest BCUT2D eigenvalue weighted by molar-refractivity contribution is 0.183. The quantitative estimate of drug-likeness (QED) is 0.805. The summed E-state index contributed by atoms with van der Waals surface area (Å²) in [5.74, 6) is 1.53. The molecule has 0 aromatic carbocycles. The van der Waals surface area contributed by atoms with Crippen LogP contribution in [0.3, 0.4) is 0 Å². The van der Waals surface area contributed by atoms with Crippen LogP contribution in [0.1, 0.15) is 70.9 Å². The van der Waals surface area contributed by atoms with Crippen molar-refractivity contribution >= 4 is 0 Å². The summed E-state index contributed by atoms with van der Waals surface area (Å²) in [6, 6.07) is 2.16. The van der Waals surface area contributed by atoms with Crippen LogP contribution < -0.4 is 10.5 Å². The van der Waals surface area contributed by atoms with E-state index in [2.05, 4.69) is 31.8 Å². The van der Waals surface area contributed by atoms with Crippen molar-refractivity contribution in [1.29, 1.82) is 0 Å². The first-order valence-corrected chi connectivity index (χ1v) is 8.41. The fourth-order valence-corrected chi connectivity index (χ4v) is 3.79. The minimum atomic E-state index is 0.0695. The maximum atomic E-state index is 6.69. The molecule has 3 nitrogen and oxygen atoms in total. The molecule has 0 aliphatic heterocycles. The third kappa shape index (κ3) is 3.97. The van der Waals surface area contributed by atoms with Gasteiger partial charge in [-0.15, -0.1) is 0 Å². The molecule has 0 bridgehead atoms. The summed E-state index contributed by atoms with van der Waals surface area (Å²) in [4.78, 5) is 4.34. The lowest BCUT2D eigenvalue weighted by atomic mass is 9.71. The highest BCUT2D eigenvalue weighted by atomic mass is 16.5. The Morgan fingerprint density at radius 3 is 2.62 bits per heavy atom. The van der Waals surface area contributed by atoms with Gasteiger partial charge >= 0.3 is 0 Å². The van der Waals surface area contributed by atoms with E-state index in [0.717, 1.165) is 24.3 Å². The molecule has 1 aliphatic rings. The maximum Gasteiger partial charge on any atom is 0.137 e. The zero-order valence-electron chi connectivity index (χ0n) is 13.8. The lowest BCUT2D eigenvalue weighted by Gasteiger charge is -2.37.